The second-order valence-electron chi connectivity index (χ2n) is 28.8. The van der Waals surface area contributed by atoms with Crippen LogP contribution in [0.15, 0.2) is 131 Å². The monoisotopic (exact) mass is 1530 g/mol. The molecule has 0 radical (unpaired) electrons. The Morgan fingerprint density at radius 3 is 2.05 bits per heavy atom. The summed E-state index contributed by atoms with van der Waals surface area (Å²) in [4.78, 5) is 122. The molecule has 5 aromatic carbocycles. The van der Waals surface area contributed by atoms with Crippen molar-refractivity contribution < 1.29 is 81.0 Å². The number of methoxy groups -OCH3 is 1. The van der Waals surface area contributed by atoms with E-state index in [0.29, 0.717) is 68.8 Å². The van der Waals surface area contributed by atoms with Gasteiger partial charge in [0.2, 0.25) is 17.7 Å². The Kier molecular flexibility index (Phi) is 29.4. The topological polar surface area (TPSA) is 323 Å². The lowest BCUT2D eigenvalue weighted by Gasteiger charge is -2.34. The zero-order valence-electron chi connectivity index (χ0n) is 64.1. The zero-order chi connectivity index (χ0) is 78.3. The summed E-state index contributed by atoms with van der Waals surface area (Å²) in [5.41, 5.74) is 19.0. The van der Waals surface area contributed by atoms with E-state index in [1.54, 1.807) is 48.2 Å². The van der Waals surface area contributed by atoms with Crippen molar-refractivity contribution in [2.75, 3.05) is 155 Å². The molecule has 0 bridgehead atoms. The summed E-state index contributed by atoms with van der Waals surface area (Å²) in [6, 6.07) is 29.9. The van der Waals surface area contributed by atoms with Crippen LogP contribution >= 0.6 is 0 Å². The summed E-state index contributed by atoms with van der Waals surface area (Å²) >= 11 is 0. The number of carbonyl (C=O) groups excluding carboxylic acids is 8. The Bertz CT molecular complexity index is 4220. The molecule has 28 nitrogen and oxygen atoms in total. The van der Waals surface area contributed by atoms with Crippen LogP contribution in [0.5, 0.6) is 17.2 Å². The SMILES string of the molecule is C=C1C[C@@H](C2OCCN2C(=O)OCc2ccc(NC(=O)[C@H](C)CC(=O)[C@@H](NC(=O)CCOCCOCCOCCOCCNC(=O)CCN3C(=O)C=CC3=O)C(C)C)cc2)N(C(=O)c2cc(OC)c(OCCCCCOc3ccc(C4=Nc5ccc(C6=Nc7cc(N8CCN(C)CC8)ccc7C6)cc5C4)cc3)cc2N)C1. The lowest BCUT2D eigenvalue weighted by Crippen LogP contribution is -2.50. The van der Waals surface area contributed by atoms with E-state index < -0.39 is 48.0 Å². The van der Waals surface area contributed by atoms with Gasteiger partial charge in [0.15, 0.2) is 23.5 Å². The summed E-state index contributed by atoms with van der Waals surface area (Å²) in [6.07, 6.45) is 5.15. The molecule has 28 heteroatoms. The molecule has 111 heavy (non-hydrogen) atoms. The van der Waals surface area contributed by atoms with Crippen LogP contribution in [0.1, 0.15) is 104 Å². The van der Waals surface area contributed by atoms with E-state index in [9.17, 15) is 38.4 Å². The number of nitrogens with zero attached hydrogens (tertiary/aromatic N) is 7. The van der Waals surface area contributed by atoms with Gasteiger partial charge in [-0.1, -0.05) is 57.2 Å². The molecule has 0 saturated carbocycles. The molecule has 0 spiro atoms. The molecule has 0 aliphatic carbocycles. The standard InChI is InChI=1S/C83H103N11O17/c1-54(2)79(89-76(97)25-35-104-38-40-106-42-43-107-41-39-105-36-26-85-75(96)24-27-92-77(98)22-23-78(92)99)72(95)45-56(4)80(100)86-62-16-10-57(11-17-62)53-111-83(102)93-32-37-110-82(93)71-44-55(3)52-94(71)81(101)65-50-73(103-6)74(51-66(65)84)109-34-9-7-8-33-108-64-19-13-58(14-20-64)68-48-61-46-59(15-21-67(61)87-68)69-47-60-12-18-63(49-70(60)88-69)91-30-28-90(5)29-31-91/h10-23,46,49-51,54,56,71,79,82H,3,7-9,24-45,47-48,52-53,84H2,1-2,4-6H3,(H,85,96)(H,86,100)(H,89,97)/t56-,71+,79+,82?/m1/s1. The second kappa shape index (κ2) is 40.0. The Labute approximate surface area is 647 Å². The first-order valence-corrected chi connectivity index (χ1v) is 38.3. The van der Waals surface area contributed by atoms with E-state index in [-0.39, 0.29) is 126 Å². The number of nitrogens with two attached hydrogens (primary N) is 1. The largest absolute Gasteiger partial charge is 0.494 e. The van der Waals surface area contributed by atoms with Crippen LogP contribution in [0.2, 0.25) is 0 Å². The predicted molar refractivity (Wildman–Crippen MR) is 418 cm³/mol. The Balaban J connectivity index is 0.535. The minimum absolute atomic E-state index is 0.00665. The van der Waals surface area contributed by atoms with Gasteiger partial charge >= 0.3 is 6.09 Å². The third-order valence-corrected chi connectivity index (χ3v) is 20.2. The fourth-order valence-corrected chi connectivity index (χ4v) is 13.8. The summed E-state index contributed by atoms with van der Waals surface area (Å²) in [5, 5.41) is 8.32. The average molecular weight is 1530 g/mol. The van der Waals surface area contributed by atoms with E-state index in [1.165, 1.54) is 41.0 Å². The van der Waals surface area contributed by atoms with Crippen molar-refractivity contribution in [1.29, 1.82) is 0 Å². The first kappa shape index (κ1) is 81.6. The number of imide groups is 1. The summed E-state index contributed by atoms with van der Waals surface area (Å²) in [6.45, 7) is 17.6. The zero-order valence-corrected chi connectivity index (χ0v) is 64.1. The first-order valence-electron chi connectivity index (χ1n) is 38.3. The van der Waals surface area contributed by atoms with Crippen molar-refractivity contribution in [3.63, 3.8) is 0 Å². The van der Waals surface area contributed by atoms with Gasteiger partial charge in [-0.25, -0.2) is 4.79 Å². The number of amides is 7. The highest BCUT2D eigenvalue weighted by molar-refractivity contribution is 6.13. The van der Waals surface area contributed by atoms with Gasteiger partial charge in [-0.3, -0.25) is 53.3 Å². The number of unbranched alkanes of at least 4 members (excludes halogenated alkanes) is 2. The van der Waals surface area contributed by atoms with Gasteiger partial charge < -0.3 is 79.0 Å². The van der Waals surface area contributed by atoms with Crippen molar-refractivity contribution >= 4 is 87.2 Å². The molecule has 3 saturated heterocycles. The van der Waals surface area contributed by atoms with Gasteiger partial charge in [-0.15, -0.1) is 0 Å². The fraction of sp³-hybridized carbons (Fsp3) is 0.470. The van der Waals surface area contributed by atoms with E-state index in [4.69, 9.17) is 58.4 Å². The number of ether oxygens (including phenoxy) is 9. The minimum Gasteiger partial charge on any atom is -0.494 e. The van der Waals surface area contributed by atoms with Gasteiger partial charge in [0, 0.05) is 119 Å². The molecule has 5 N–H and O–H groups in total. The van der Waals surface area contributed by atoms with Crippen LogP contribution in [-0.4, -0.2) is 236 Å². The lowest BCUT2D eigenvalue weighted by atomic mass is 9.92. The van der Waals surface area contributed by atoms with Crippen LogP contribution in [0.4, 0.5) is 33.2 Å². The molecule has 5 aromatic rings. The average Bonchev–Trinajstić information content (AvgIpc) is 1.64. The maximum absolute atomic E-state index is 14.5. The van der Waals surface area contributed by atoms with Gasteiger partial charge in [-0.05, 0) is 133 Å². The Morgan fingerprint density at radius 2 is 1.33 bits per heavy atom. The number of rotatable bonds is 41. The number of likely N-dealkylation sites (tertiary alicyclic amines) is 1. The number of piperazine rings is 1. The Hall–Kier alpha value is -10.4. The number of carbonyl (C=O) groups is 8. The van der Waals surface area contributed by atoms with E-state index in [2.05, 4.69) is 87.9 Å². The Morgan fingerprint density at radius 1 is 0.667 bits per heavy atom. The number of hydrogen-bond donors (Lipinski definition) is 4. The van der Waals surface area contributed by atoms with Crippen molar-refractivity contribution in [3.8, 4) is 17.2 Å². The van der Waals surface area contributed by atoms with Crippen LogP contribution < -0.4 is 40.8 Å². The predicted octanol–water partition coefficient (Wildman–Crippen LogP) is 8.34. The van der Waals surface area contributed by atoms with E-state index >= 15 is 0 Å². The highest BCUT2D eigenvalue weighted by Crippen LogP contribution is 2.39. The highest BCUT2D eigenvalue weighted by atomic mass is 16.6. The third-order valence-electron chi connectivity index (χ3n) is 20.2. The van der Waals surface area contributed by atoms with Crippen LogP contribution in [0.3, 0.4) is 0 Å². The number of likely N-dealkylation sites (N-methyl/N-ethyl adjacent to an activating group) is 1. The molecule has 3 fully saturated rings. The number of hydrogen-bond acceptors (Lipinski definition) is 22. The number of anilines is 3. The maximum Gasteiger partial charge on any atom is 0.412 e. The number of Topliss-reactive ketones (excluding diaryl/α,β-unsaturated/α-hetero) is 1. The molecule has 1 unspecified atom stereocenters. The third kappa shape index (κ3) is 22.7. The summed E-state index contributed by atoms with van der Waals surface area (Å²) in [7, 11) is 3.68. The number of fused-ring (bicyclic) bond motifs is 2. The smallest absolute Gasteiger partial charge is 0.412 e. The summed E-state index contributed by atoms with van der Waals surface area (Å²) < 4.78 is 52.0. The molecule has 0 aromatic heterocycles. The fourth-order valence-electron chi connectivity index (χ4n) is 13.8. The molecule has 4 atom stereocenters. The van der Waals surface area contributed by atoms with Crippen LogP contribution in [0.25, 0.3) is 0 Å². The van der Waals surface area contributed by atoms with Gasteiger partial charge in [-0.2, -0.15) is 0 Å². The van der Waals surface area contributed by atoms with Crippen molar-refractivity contribution in [2.24, 2.45) is 21.8 Å². The number of nitrogens with one attached hydrogen (secondary N) is 3. The number of benzene rings is 5. The number of ketones is 1. The molecular formula is C83H103N11O17. The first-order chi connectivity index (χ1) is 53.7. The number of nitrogen functional groups attached to an aromatic ring is 1. The molecule has 6 heterocycles. The van der Waals surface area contributed by atoms with Gasteiger partial charge in [0.25, 0.3) is 17.7 Å². The molecule has 6 aliphatic heterocycles. The molecule has 7 amide bonds. The van der Waals surface area contributed by atoms with Crippen LogP contribution in [0, 0.1) is 11.8 Å². The molecule has 592 valence electrons. The van der Waals surface area contributed by atoms with Crippen molar-refractivity contribution in [3.05, 3.63) is 155 Å². The number of aliphatic imine (C=N–C) groups is 2. The van der Waals surface area contributed by atoms with E-state index in [0.717, 1.165) is 108 Å². The maximum atomic E-state index is 14.5. The van der Waals surface area contributed by atoms with Gasteiger partial charge in [0.05, 0.1) is 127 Å². The quantitative estimate of drug-likeness (QED) is 0.0124. The van der Waals surface area contributed by atoms with Crippen molar-refractivity contribution in [1.82, 2.24) is 30.2 Å². The summed E-state index contributed by atoms with van der Waals surface area (Å²) in [5.74, 6) is -2.00. The normalized spacial score (nSPS) is 17.2. The molecule has 6 aliphatic rings. The molecule has 11 rings (SSSR count). The second-order valence-corrected chi connectivity index (χ2v) is 28.8. The minimum atomic E-state index is -0.830. The lowest BCUT2D eigenvalue weighted by molar-refractivity contribution is -0.137. The molecular weight excluding hydrogens is 1420 g/mol. The van der Waals surface area contributed by atoms with Crippen molar-refractivity contribution in [2.45, 2.75) is 103 Å². The van der Waals surface area contributed by atoms with E-state index in [1.807, 2.05) is 26.0 Å². The van der Waals surface area contributed by atoms with Gasteiger partial charge in [0.1, 0.15) is 12.4 Å². The highest BCUT2D eigenvalue weighted by Gasteiger charge is 2.45. The van der Waals surface area contributed by atoms with Crippen LogP contribution in [-0.2, 0) is 76.6 Å².